The minimum absolute atomic E-state index is 0.111. The second kappa shape index (κ2) is 9.37. The van der Waals surface area contributed by atoms with Crippen LogP contribution in [0.2, 0.25) is 0 Å². The predicted octanol–water partition coefficient (Wildman–Crippen LogP) is 4.09. The van der Waals surface area contributed by atoms with Gasteiger partial charge in [0.15, 0.2) is 12.1 Å². The van der Waals surface area contributed by atoms with E-state index in [0.717, 1.165) is 0 Å². The first-order valence-corrected chi connectivity index (χ1v) is 10.3. The molecule has 178 valence electrons. The van der Waals surface area contributed by atoms with Crippen LogP contribution in [0.25, 0.3) is 11.4 Å². The number of benzene rings is 1. The summed E-state index contributed by atoms with van der Waals surface area (Å²) in [6.45, 7) is 0.00797. The fraction of sp³-hybridized carbons (Fsp3) is 0.318. The van der Waals surface area contributed by atoms with Crippen LogP contribution in [0.1, 0.15) is 27.9 Å². The summed E-state index contributed by atoms with van der Waals surface area (Å²) in [5.41, 5.74) is 0.524. The van der Waals surface area contributed by atoms with Gasteiger partial charge in [0.05, 0.1) is 11.6 Å². The molecule has 7 nitrogen and oxygen atoms in total. The molecule has 0 bridgehead atoms. The van der Waals surface area contributed by atoms with E-state index in [-0.39, 0.29) is 32.0 Å². The Hall–Kier alpha value is -3.54. The molecule has 2 aromatic heterocycles. The van der Waals surface area contributed by atoms with Gasteiger partial charge in [-0.1, -0.05) is 12.1 Å². The van der Waals surface area contributed by atoms with Crippen molar-refractivity contribution in [2.75, 3.05) is 18.4 Å². The molecule has 3 aromatic rings. The van der Waals surface area contributed by atoms with Crippen molar-refractivity contribution in [3.05, 3.63) is 65.7 Å². The molecule has 1 atom stereocenters. The monoisotopic (exact) mass is 478 g/mol. The fourth-order valence-electron chi connectivity index (χ4n) is 3.77. The highest BCUT2D eigenvalue weighted by molar-refractivity contribution is 5.85. The van der Waals surface area contributed by atoms with Crippen molar-refractivity contribution in [2.45, 2.75) is 31.1 Å². The molecule has 3 heterocycles. The van der Waals surface area contributed by atoms with E-state index in [1.165, 1.54) is 12.4 Å². The molecule has 1 saturated heterocycles. The summed E-state index contributed by atoms with van der Waals surface area (Å²) in [7, 11) is 0. The minimum atomic E-state index is -4.59. The van der Waals surface area contributed by atoms with Crippen LogP contribution in [0, 0.1) is 0 Å². The van der Waals surface area contributed by atoms with E-state index < -0.39 is 23.7 Å². The summed E-state index contributed by atoms with van der Waals surface area (Å²) < 4.78 is 67.2. The normalized spacial score (nSPS) is 18.1. The van der Waals surface area contributed by atoms with Crippen molar-refractivity contribution in [1.82, 2.24) is 24.8 Å². The van der Waals surface area contributed by atoms with Crippen LogP contribution in [0.15, 0.2) is 49.1 Å². The number of aldehydes is 1. The molecule has 34 heavy (non-hydrogen) atoms. The number of nitrogens with one attached hydrogen (secondary N) is 1. The van der Waals surface area contributed by atoms with Gasteiger partial charge in [0.1, 0.15) is 0 Å². The van der Waals surface area contributed by atoms with Crippen LogP contribution >= 0.6 is 0 Å². The minimum Gasteiger partial charge on any atom is -0.352 e. The van der Waals surface area contributed by atoms with E-state index in [1.54, 1.807) is 29.2 Å². The van der Waals surface area contributed by atoms with Crippen molar-refractivity contribution in [1.29, 1.82) is 0 Å². The molecular weight excluding hydrogens is 459 g/mol. The summed E-state index contributed by atoms with van der Waals surface area (Å²) in [5, 5.41) is 2.61. The third-order valence-electron chi connectivity index (χ3n) is 5.53. The van der Waals surface area contributed by atoms with Gasteiger partial charge in [0.2, 0.25) is 5.95 Å². The SMILES string of the molecule is O=Cc1ccc(CN2CCC(F)(F)C2CNc2ncc(C(F)(F)F)cn2)cc1-c1ncccn1. The largest absolute Gasteiger partial charge is 0.419 e. The lowest BCUT2D eigenvalue weighted by Gasteiger charge is -2.28. The lowest BCUT2D eigenvalue weighted by atomic mass is 10.0. The van der Waals surface area contributed by atoms with Gasteiger partial charge in [-0.15, -0.1) is 0 Å². The Kier molecular flexibility index (Phi) is 6.51. The molecule has 1 aliphatic heterocycles. The van der Waals surface area contributed by atoms with Crippen LogP contribution in [0.3, 0.4) is 0 Å². The second-order valence-electron chi connectivity index (χ2n) is 7.78. The van der Waals surface area contributed by atoms with E-state index >= 15 is 0 Å². The number of likely N-dealkylation sites (tertiary alicyclic amines) is 1. The first-order chi connectivity index (χ1) is 16.2. The van der Waals surface area contributed by atoms with Gasteiger partial charge in [-0.05, 0) is 17.7 Å². The van der Waals surface area contributed by atoms with Crippen molar-refractivity contribution in [2.24, 2.45) is 0 Å². The van der Waals surface area contributed by atoms with Gasteiger partial charge in [0, 0.05) is 62.0 Å². The molecule has 1 fully saturated rings. The Bertz CT molecular complexity index is 1140. The topological polar surface area (TPSA) is 83.9 Å². The Morgan fingerprint density at radius 1 is 1.12 bits per heavy atom. The van der Waals surface area contributed by atoms with E-state index in [4.69, 9.17) is 0 Å². The summed E-state index contributed by atoms with van der Waals surface area (Å²) >= 11 is 0. The average molecular weight is 478 g/mol. The van der Waals surface area contributed by atoms with Crippen LogP contribution < -0.4 is 5.32 Å². The number of halogens is 5. The Labute approximate surface area is 191 Å². The first kappa shape index (κ1) is 23.6. The van der Waals surface area contributed by atoms with Crippen LogP contribution in [0.4, 0.5) is 27.9 Å². The fourth-order valence-corrected chi connectivity index (χ4v) is 3.77. The molecule has 0 radical (unpaired) electrons. The van der Waals surface area contributed by atoms with Gasteiger partial charge in [-0.2, -0.15) is 13.2 Å². The zero-order valence-corrected chi connectivity index (χ0v) is 17.6. The van der Waals surface area contributed by atoms with Gasteiger partial charge in [0.25, 0.3) is 5.92 Å². The Balaban J connectivity index is 1.50. The smallest absolute Gasteiger partial charge is 0.352 e. The molecule has 0 aliphatic carbocycles. The molecule has 1 N–H and O–H groups in total. The van der Waals surface area contributed by atoms with Crippen molar-refractivity contribution in [3.8, 4) is 11.4 Å². The third kappa shape index (κ3) is 5.16. The van der Waals surface area contributed by atoms with Gasteiger partial charge in [-0.3, -0.25) is 9.69 Å². The van der Waals surface area contributed by atoms with E-state index in [1.807, 2.05) is 0 Å². The number of carbonyl (C=O) groups is 1. The molecule has 0 saturated carbocycles. The quantitative estimate of drug-likeness (QED) is 0.405. The number of hydrogen-bond donors (Lipinski definition) is 1. The van der Waals surface area contributed by atoms with Crippen LogP contribution in [0.5, 0.6) is 0 Å². The molecule has 4 rings (SSSR count). The highest BCUT2D eigenvalue weighted by Crippen LogP contribution is 2.35. The number of rotatable bonds is 7. The molecule has 0 amide bonds. The molecule has 1 aliphatic rings. The van der Waals surface area contributed by atoms with E-state index in [0.29, 0.717) is 41.2 Å². The number of anilines is 1. The van der Waals surface area contributed by atoms with Gasteiger partial charge in [-0.25, -0.2) is 28.7 Å². The summed E-state index contributed by atoms with van der Waals surface area (Å²) in [5.74, 6) is -2.85. The number of alkyl halides is 5. The van der Waals surface area contributed by atoms with E-state index in [9.17, 15) is 26.7 Å². The lowest BCUT2D eigenvalue weighted by molar-refractivity contribution is -0.138. The lowest BCUT2D eigenvalue weighted by Crippen LogP contribution is -2.44. The predicted molar refractivity (Wildman–Crippen MR) is 112 cm³/mol. The summed E-state index contributed by atoms with van der Waals surface area (Å²) in [6.07, 6.45) is -0.00398. The molecular formula is C22H19F5N6O. The van der Waals surface area contributed by atoms with Gasteiger partial charge >= 0.3 is 6.18 Å². The maximum Gasteiger partial charge on any atom is 0.419 e. The van der Waals surface area contributed by atoms with Crippen molar-refractivity contribution in [3.63, 3.8) is 0 Å². The highest BCUT2D eigenvalue weighted by atomic mass is 19.4. The molecule has 12 heteroatoms. The number of hydrogen-bond acceptors (Lipinski definition) is 7. The van der Waals surface area contributed by atoms with Gasteiger partial charge < -0.3 is 5.32 Å². The molecule has 1 aromatic carbocycles. The standard InChI is InChI=1S/C22H19F5N6O/c23-21(24)4-7-33(18(21)11-32-20-30-9-16(10-31-20)22(25,26)27)12-14-2-3-15(13-34)17(8-14)19-28-5-1-6-29-19/h1-3,5-6,8-10,13,18H,4,7,11-12H2,(H,30,31,32). The Morgan fingerprint density at radius 2 is 1.82 bits per heavy atom. The number of nitrogens with zero attached hydrogens (tertiary/aromatic N) is 5. The zero-order chi connectivity index (χ0) is 24.3. The van der Waals surface area contributed by atoms with Crippen LogP contribution in [-0.2, 0) is 12.7 Å². The maximum absolute atomic E-state index is 14.6. The maximum atomic E-state index is 14.6. The van der Waals surface area contributed by atoms with Crippen molar-refractivity contribution < 1.29 is 26.7 Å². The highest BCUT2D eigenvalue weighted by Gasteiger charge is 2.48. The van der Waals surface area contributed by atoms with E-state index in [2.05, 4.69) is 25.3 Å². The Morgan fingerprint density at radius 3 is 2.47 bits per heavy atom. The number of aromatic nitrogens is 4. The number of carbonyl (C=O) groups excluding carboxylic acids is 1. The first-order valence-electron chi connectivity index (χ1n) is 10.3. The third-order valence-corrected chi connectivity index (χ3v) is 5.53. The summed E-state index contributed by atoms with van der Waals surface area (Å²) in [6, 6.07) is 5.36. The molecule has 0 spiro atoms. The average Bonchev–Trinajstić information content (AvgIpc) is 3.10. The zero-order valence-electron chi connectivity index (χ0n) is 17.6. The second-order valence-corrected chi connectivity index (χ2v) is 7.78. The van der Waals surface area contributed by atoms with Crippen molar-refractivity contribution >= 4 is 12.2 Å². The summed E-state index contributed by atoms with van der Waals surface area (Å²) in [4.78, 5) is 28.5. The molecule has 1 unspecified atom stereocenters. The van der Waals surface area contributed by atoms with Crippen LogP contribution in [-0.4, -0.2) is 56.2 Å².